The molecule has 1 N–H and O–H groups in total. The highest BCUT2D eigenvalue weighted by Gasteiger charge is 2.29. The molecule has 138 valence electrons. The maximum absolute atomic E-state index is 13.1. The Bertz CT molecular complexity index is 782. The maximum Gasteiger partial charge on any atom is 0.339 e. The number of ether oxygens (including phenoxy) is 2. The second kappa shape index (κ2) is 9.15. The van der Waals surface area contributed by atoms with Gasteiger partial charge in [0.15, 0.2) is 11.9 Å². The lowest BCUT2D eigenvalue weighted by atomic mass is 9.90. The van der Waals surface area contributed by atoms with Gasteiger partial charge in [-0.05, 0) is 30.5 Å². The molecule has 5 nitrogen and oxygen atoms in total. The highest BCUT2D eigenvalue weighted by atomic mass is 16.6. The molecule has 0 amide bonds. The van der Waals surface area contributed by atoms with Crippen LogP contribution in [0.2, 0.25) is 0 Å². The van der Waals surface area contributed by atoms with E-state index in [1.807, 2.05) is 19.9 Å². The van der Waals surface area contributed by atoms with Gasteiger partial charge >= 0.3 is 5.97 Å². The summed E-state index contributed by atoms with van der Waals surface area (Å²) in [6, 6.07) is 11.5. The third-order valence-corrected chi connectivity index (χ3v) is 4.10. The molecule has 0 heterocycles. The SMILES string of the molecule is CCCOC(C(=O)OC)c1c(CC)cccc1C(=O)c1cccc(O)c1. The number of phenolic OH excluding ortho intramolecular Hbond substituents is 1. The van der Waals surface area contributed by atoms with Crippen LogP contribution in [0.25, 0.3) is 0 Å². The molecule has 1 unspecified atom stereocenters. The number of benzene rings is 2. The van der Waals surface area contributed by atoms with Crippen molar-refractivity contribution in [3.8, 4) is 5.75 Å². The number of rotatable bonds is 8. The highest BCUT2D eigenvalue weighted by molar-refractivity contribution is 6.11. The number of ketones is 1. The fraction of sp³-hybridized carbons (Fsp3) is 0.333. The van der Waals surface area contributed by atoms with Crippen molar-refractivity contribution in [3.05, 3.63) is 64.7 Å². The fourth-order valence-electron chi connectivity index (χ4n) is 2.84. The van der Waals surface area contributed by atoms with Crippen LogP contribution in [0.4, 0.5) is 0 Å². The number of phenols is 1. The molecule has 0 aliphatic heterocycles. The summed E-state index contributed by atoms with van der Waals surface area (Å²) in [6.07, 6.45) is 0.407. The molecule has 2 aromatic carbocycles. The van der Waals surface area contributed by atoms with E-state index < -0.39 is 12.1 Å². The van der Waals surface area contributed by atoms with Gasteiger partial charge in [0.25, 0.3) is 0 Å². The highest BCUT2D eigenvalue weighted by Crippen LogP contribution is 2.30. The molecule has 1 atom stereocenters. The standard InChI is InChI=1S/C21H24O5/c1-4-12-26-20(21(24)25-3)18-14(5-2)8-7-11-17(18)19(23)15-9-6-10-16(22)13-15/h6-11,13,20,22H,4-5,12H2,1-3H3. The van der Waals surface area contributed by atoms with E-state index in [4.69, 9.17) is 9.47 Å². The summed E-state index contributed by atoms with van der Waals surface area (Å²) >= 11 is 0. The summed E-state index contributed by atoms with van der Waals surface area (Å²) in [4.78, 5) is 25.4. The Labute approximate surface area is 153 Å². The van der Waals surface area contributed by atoms with E-state index in [1.165, 1.54) is 19.2 Å². The number of esters is 1. The van der Waals surface area contributed by atoms with Crippen LogP contribution in [-0.4, -0.2) is 30.6 Å². The van der Waals surface area contributed by atoms with Crippen molar-refractivity contribution in [2.45, 2.75) is 32.8 Å². The zero-order valence-corrected chi connectivity index (χ0v) is 15.3. The van der Waals surface area contributed by atoms with Gasteiger partial charge in [0.05, 0.1) is 7.11 Å². The summed E-state index contributed by atoms with van der Waals surface area (Å²) in [5.74, 6) is -0.805. The van der Waals surface area contributed by atoms with Gasteiger partial charge in [0.1, 0.15) is 5.75 Å². The van der Waals surface area contributed by atoms with E-state index in [0.717, 1.165) is 12.0 Å². The molecule has 2 aromatic rings. The van der Waals surface area contributed by atoms with Gasteiger partial charge in [-0.15, -0.1) is 0 Å². The summed E-state index contributed by atoms with van der Waals surface area (Å²) in [7, 11) is 1.30. The molecule has 0 spiro atoms. The number of carbonyl (C=O) groups is 2. The van der Waals surface area contributed by atoms with Crippen molar-refractivity contribution in [1.29, 1.82) is 0 Å². The van der Waals surface area contributed by atoms with Crippen LogP contribution in [0.3, 0.4) is 0 Å². The van der Waals surface area contributed by atoms with Crippen LogP contribution in [0, 0.1) is 0 Å². The van der Waals surface area contributed by atoms with Crippen molar-refractivity contribution in [3.63, 3.8) is 0 Å². The van der Waals surface area contributed by atoms with E-state index in [-0.39, 0.29) is 11.5 Å². The summed E-state index contributed by atoms with van der Waals surface area (Å²) in [5, 5.41) is 9.68. The maximum atomic E-state index is 13.1. The molecule has 0 aliphatic rings. The predicted octanol–water partition coefficient (Wildman–Crippen LogP) is 3.83. The Hall–Kier alpha value is -2.66. The lowest BCUT2D eigenvalue weighted by molar-refractivity contribution is -0.154. The second-order valence-corrected chi connectivity index (χ2v) is 5.89. The number of aryl methyl sites for hydroxylation is 1. The number of methoxy groups -OCH3 is 1. The Morgan fingerprint density at radius 2 is 1.85 bits per heavy atom. The lowest BCUT2D eigenvalue weighted by Crippen LogP contribution is -2.22. The predicted molar refractivity (Wildman–Crippen MR) is 98.4 cm³/mol. The zero-order valence-electron chi connectivity index (χ0n) is 15.3. The van der Waals surface area contributed by atoms with Gasteiger partial charge in [0, 0.05) is 23.3 Å². The molecule has 0 aromatic heterocycles. The first-order chi connectivity index (χ1) is 12.5. The van der Waals surface area contributed by atoms with Crippen molar-refractivity contribution in [1.82, 2.24) is 0 Å². The van der Waals surface area contributed by atoms with Gasteiger partial charge in [-0.2, -0.15) is 0 Å². The minimum Gasteiger partial charge on any atom is -0.508 e. The normalized spacial score (nSPS) is 11.8. The van der Waals surface area contributed by atoms with Gasteiger partial charge in [-0.25, -0.2) is 4.79 Å². The number of carbonyl (C=O) groups excluding carboxylic acids is 2. The van der Waals surface area contributed by atoms with Gasteiger partial charge < -0.3 is 14.6 Å². The average molecular weight is 356 g/mol. The van der Waals surface area contributed by atoms with Crippen LogP contribution in [0.5, 0.6) is 5.75 Å². The number of aromatic hydroxyl groups is 1. The Morgan fingerprint density at radius 3 is 2.46 bits per heavy atom. The van der Waals surface area contributed by atoms with Crippen LogP contribution >= 0.6 is 0 Å². The quantitative estimate of drug-likeness (QED) is 0.575. The number of hydrogen-bond donors (Lipinski definition) is 1. The molecule has 5 heteroatoms. The summed E-state index contributed by atoms with van der Waals surface area (Å²) in [5.41, 5.74) is 2.10. The largest absolute Gasteiger partial charge is 0.508 e. The van der Waals surface area contributed by atoms with Gasteiger partial charge in [-0.1, -0.05) is 44.2 Å². The first-order valence-electron chi connectivity index (χ1n) is 8.68. The molecule has 0 radical (unpaired) electrons. The molecular formula is C21H24O5. The summed E-state index contributed by atoms with van der Waals surface area (Å²) in [6.45, 7) is 4.27. The van der Waals surface area contributed by atoms with Gasteiger partial charge in [0.2, 0.25) is 0 Å². The van der Waals surface area contributed by atoms with Crippen molar-refractivity contribution in [2.75, 3.05) is 13.7 Å². The van der Waals surface area contributed by atoms with Crippen LogP contribution in [-0.2, 0) is 20.7 Å². The molecule has 0 bridgehead atoms. The van der Waals surface area contributed by atoms with E-state index in [2.05, 4.69) is 0 Å². The Balaban J connectivity index is 2.59. The van der Waals surface area contributed by atoms with E-state index in [1.54, 1.807) is 24.3 Å². The molecule has 0 fully saturated rings. The molecule has 26 heavy (non-hydrogen) atoms. The van der Waals surface area contributed by atoms with E-state index in [9.17, 15) is 14.7 Å². The first-order valence-corrected chi connectivity index (χ1v) is 8.68. The fourth-order valence-corrected chi connectivity index (χ4v) is 2.84. The monoisotopic (exact) mass is 356 g/mol. The van der Waals surface area contributed by atoms with E-state index >= 15 is 0 Å². The molecule has 2 rings (SSSR count). The minimum absolute atomic E-state index is 0.01000. The molecule has 0 aliphatic carbocycles. The third kappa shape index (κ3) is 4.29. The van der Waals surface area contributed by atoms with E-state index in [0.29, 0.717) is 29.7 Å². The number of hydrogen-bond acceptors (Lipinski definition) is 5. The first kappa shape index (κ1) is 19.7. The third-order valence-electron chi connectivity index (χ3n) is 4.10. The average Bonchev–Trinajstić information content (AvgIpc) is 2.67. The van der Waals surface area contributed by atoms with Crippen LogP contribution in [0.1, 0.15) is 53.4 Å². The second-order valence-electron chi connectivity index (χ2n) is 5.89. The van der Waals surface area contributed by atoms with Crippen molar-refractivity contribution in [2.24, 2.45) is 0 Å². The van der Waals surface area contributed by atoms with Crippen molar-refractivity contribution >= 4 is 11.8 Å². The zero-order chi connectivity index (χ0) is 19.1. The van der Waals surface area contributed by atoms with Crippen LogP contribution in [0.15, 0.2) is 42.5 Å². The topological polar surface area (TPSA) is 72.8 Å². The van der Waals surface area contributed by atoms with Gasteiger partial charge in [-0.3, -0.25) is 4.79 Å². The smallest absolute Gasteiger partial charge is 0.339 e. The minimum atomic E-state index is -0.965. The Morgan fingerprint density at radius 1 is 1.12 bits per heavy atom. The lowest BCUT2D eigenvalue weighted by Gasteiger charge is -2.21. The molecule has 0 saturated carbocycles. The molecular weight excluding hydrogens is 332 g/mol. The Kier molecular flexibility index (Phi) is 6.92. The summed E-state index contributed by atoms with van der Waals surface area (Å²) < 4.78 is 10.7. The molecule has 0 saturated heterocycles. The van der Waals surface area contributed by atoms with Crippen molar-refractivity contribution < 1.29 is 24.2 Å². The van der Waals surface area contributed by atoms with Crippen LogP contribution < -0.4 is 0 Å².